The summed E-state index contributed by atoms with van der Waals surface area (Å²) in [6.07, 6.45) is 1.81. The van der Waals surface area contributed by atoms with Crippen LogP contribution >= 0.6 is 0 Å². The van der Waals surface area contributed by atoms with Crippen LogP contribution in [-0.2, 0) is 32.5 Å². The van der Waals surface area contributed by atoms with Gasteiger partial charge in [-0.25, -0.2) is 22.7 Å². The zero-order valence-electron chi connectivity index (χ0n) is 17.0. The maximum atomic E-state index is 11.5. The molecule has 0 aliphatic rings. The minimum Gasteiger partial charge on any atom is -0.384 e. The molecule has 2 aromatic heterocycles. The van der Waals surface area contributed by atoms with E-state index in [9.17, 15) is 8.42 Å². The van der Waals surface area contributed by atoms with E-state index in [1.54, 1.807) is 7.11 Å². The highest BCUT2D eigenvalue weighted by Crippen LogP contribution is 2.28. The van der Waals surface area contributed by atoms with E-state index in [0.29, 0.717) is 50.7 Å². The first kappa shape index (κ1) is 21.4. The molecule has 0 aliphatic carbocycles. The number of hydrogen-bond donors (Lipinski definition) is 1. The zero-order valence-corrected chi connectivity index (χ0v) is 17.8. The van der Waals surface area contributed by atoms with Crippen LogP contribution in [0.1, 0.15) is 5.82 Å². The molecule has 1 aromatic carbocycles. The molecule has 2 heterocycles. The van der Waals surface area contributed by atoms with Crippen molar-refractivity contribution in [1.82, 2.24) is 18.8 Å². The van der Waals surface area contributed by atoms with Gasteiger partial charge in [-0.15, -0.1) is 0 Å². The molecule has 0 radical (unpaired) electrons. The molecular formula is C19H27N5O4S. The number of ether oxygens (including phenoxy) is 2. The molecule has 0 aliphatic heterocycles. The quantitative estimate of drug-likeness (QED) is 0.490. The summed E-state index contributed by atoms with van der Waals surface area (Å²) < 4.78 is 37.2. The van der Waals surface area contributed by atoms with Gasteiger partial charge in [-0.3, -0.25) is 0 Å². The van der Waals surface area contributed by atoms with Gasteiger partial charge in [0, 0.05) is 39.1 Å². The number of sulfonamides is 1. The summed E-state index contributed by atoms with van der Waals surface area (Å²) in [5.74, 6) is 1.25. The summed E-state index contributed by atoms with van der Waals surface area (Å²) >= 11 is 0. The molecule has 3 aromatic rings. The molecule has 2 N–H and O–H groups in total. The van der Waals surface area contributed by atoms with E-state index in [1.807, 2.05) is 24.3 Å². The number of nitrogens with zero attached hydrogens (tertiary/aromatic N) is 4. The van der Waals surface area contributed by atoms with Crippen LogP contribution in [0.2, 0.25) is 0 Å². The summed E-state index contributed by atoms with van der Waals surface area (Å²) in [4.78, 5) is 9.18. The van der Waals surface area contributed by atoms with Gasteiger partial charge in [0.05, 0.1) is 37.1 Å². The lowest BCUT2D eigenvalue weighted by Crippen LogP contribution is -2.29. The molecule has 0 fully saturated rings. The molecular weight excluding hydrogens is 394 g/mol. The van der Waals surface area contributed by atoms with Gasteiger partial charge in [-0.05, 0) is 6.07 Å². The van der Waals surface area contributed by atoms with Gasteiger partial charge < -0.3 is 19.8 Å². The molecule has 0 bridgehead atoms. The SMILES string of the molecule is COCCc1nc2c(N)nc3ccccc3c2n1CCOCCN(C)S(C)(=O)=O. The van der Waals surface area contributed by atoms with Gasteiger partial charge in [-0.1, -0.05) is 18.2 Å². The summed E-state index contributed by atoms with van der Waals surface area (Å²) in [6.45, 7) is 2.13. The van der Waals surface area contributed by atoms with Crippen LogP contribution < -0.4 is 5.73 Å². The number of anilines is 1. The molecule has 10 heteroatoms. The van der Waals surface area contributed by atoms with Crippen molar-refractivity contribution in [3.05, 3.63) is 30.1 Å². The summed E-state index contributed by atoms with van der Waals surface area (Å²) in [5.41, 5.74) is 8.58. The predicted octanol–water partition coefficient (Wildman–Crippen LogP) is 1.26. The van der Waals surface area contributed by atoms with Gasteiger partial charge in [0.15, 0.2) is 5.82 Å². The molecule has 0 saturated heterocycles. The maximum absolute atomic E-state index is 11.5. The number of methoxy groups -OCH3 is 1. The first-order chi connectivity index (χ1) is 13.8. The number of likely N-dealkylation sites (N-methyl/N-ethyl adjacent to an activating group) is 1. The highest BCUT2D eigenvalue weighted by molar-refractivity contribution is 7.88. The number of aromatic nitrogens is 3. The van der Waals surface area contributed by atoms with E-state index < -0.39 is 10.0 Å². The van der Waals surface area contributed by atoms with Gasteiger partial charge in [0.2, 0.25) is 10.0 Å². The first-order valence-corrected chi connectivity index (χ1v) is 11.2. The number of nitrogen functional groups attached to an aromatic ring is 1. The summed E-state index contributed by atoms with van der Waals surface area (Å²) in [7, 11) is -0.0177. The number of pyridine rings is 1. The Morgan fingerprint density at radius 2 is 1.93 bits per heavy atom. The Bertz CT molecular complexity index is 1100. The third-order valence-electron chi connectivity index (χ3n) is 4.80. The van der Waals surface area contributed by atoms with Crippen LogP contribution in [0, 0.1) is 0 Å². The van der Waals surface area contributed by atoms with Crippen LogP contribution in [-0.4, -0.2) is 74.0 Å². The van der Waals surface area contributed by atoms with Crippen molar-refractivity contribution in [2.75, 3.05) is 52.5 Å². The number of para-hydroxylation sites is 1. The Labute approximate surface area is 170 Å². The second-order valence-electron chi connectivity index (χ2n) is 6.83. The van der Waals surface area contributed by atoms with Crippen molar-refractivity contribution in [2.24, 2.45) is 0 Å². The second-order valence-corrected chi connectivity index (χ2v) is 8.92. The average molecular weight is 422 g/mol. The highest BCUT2D eigenvalue weighted by atomic mass is 32.2. The van der Waals surface area contributed by atoms with E-state index in [2.05, 4.69) is 9.55 Å². The number of rotatable bonds is 10. The topological polar surface area (TPSA) is 113 Å². The first-order valence-electron chi connectivity index (χ1n) is 9.34. The molecule has 0 unspecified atom stereocenters. The van der Waals surface area contributed by atoms with Crippen LogP contribution in [0.3, 0.4) is 0 Å². The number of benzene rings is 1. The lowest BCUT2D eigenvalue weighted by Gasteiger charge is -2.15. The number of nitrogens with two attached hydrogens (primary N) is 1. The van der Waals surface area contributed by atoms with E-state index in [1.165, 1.54) is 17.6 Å². The van der Waals surface area contributed by atoms with E-state index in [0.717, 1.165) is 22.2 Å². The number of fused-ring (bicyclic) bond motifs is 3. The van der Waals surface area contributed by atoms with Crippen molar-refractivity contribution in [2.45, 2.75) is 13.0 Å². The average Bonchev–Trinajstić information content (AvgIpc) is 3.04. The van der Waals surface area contributed by atoms with Crippen LogP contribution in [0.25, 0.3) is 21.9 Å². The summed E-state index contributed by atoms with van der Waals surface area (Å²) in [6, 6.07) is 7.82. The minimum atomic E-state index is -3.20. The Kier molecular flexibility index (Phi) is 6.68. The Morgan fingerprint density at radius 3 is 2.66 bits per heavy atom. The summed E-state index contributed by atoms with van der Waals surface area (Å²) in [5, 5.41) is 0.977. The molecule has 158 valence electrons. The van der Waals surface area contributed by atoms with Crippen LogP contribution in [0.15, 0.2) is 24.3 Å². The van der Waals surface area contributed by atoms with E-state index in [4.69, 9.17) is 20.2 Å². The van der Waals surface area contributed by atoms with E-state index >= 15 is 0 Å². The number of hydrogen-bond acceptors (Lipinski definition) is 7. The number of imidazole rings is 1. The fourth-order valence-electron chi connectivity index (χ4n) is 3.15. The van der Waals surface area contributed by atoms with Gasteiger partial charge in [-0.2, -0.15) is 0 Å². The van der Waals surface area contributed by atoms with Crippen molar-refractivity contribution in [3.8, 4) is 0 Å². The second kappa shape index (κ2) is 9.04. The Hall–Kier alpha value is -2.27. The van der Waals surface area contributed by atoms with Crippen molar-refractivity contribution in [1.29, 1.82) is 0 Å². The monoisotopic (exact) mass is 421 g/mol. The zero-order chi connectivity index (χ0) is 21.0. The third kappa shape index (κ3) is 4.84. The fourth-order valence-corrected chi connectivity index (χ4v) is 3.55. The Morgan fingerprint density at radius 1 is 1.17 bits per heavy atom. The van der Waals surface area contributed by atoms with Crippen LogP contribution in [0.5, 0.6) is 0 Å². The molecule has 3 rings (SSSR count). The molecule has 0 amide bonds. The lowest BCUT2D eigenvalue weighted by atomic mass is 10.2. The predicted molar refractivity (Wildman–Crippen MR) is 113 cm³/mol. The van der Waals surface area contributed by atoms with Crippen LogP contribution in [0.4, 0.5) is 5.82 Å². The Balaban J connectivity index is 1.84. The molecule has 9 nitrogen and oxygen atoms in total. The normalized spacial score (nSPS) is 12.4. The third-order valence-corrected chi connectivity index (χ3v) is 6.11. The largest absolute Gasteiger partial charge is 0.384 e. The maximum Gasteiger partial charge on any atom is 0.211 e. The van der Waals surface area contributed by atoms with Crippen molar-refractivity contribution in [3.63, 3.8) is 0 Å². The lowest BCUT2D eigenvalue weighted by molar-refractivity contribution is 0.118. The molecule has 0 saturated carbocycles. The molecule has 0 spiro atoms. The fraction of sp³-hybridized carbons (Fsp3) is 0.474. The minimum absolute atomic E-state index is 0.305. The van der Waals surface area contributed by atoms with Crippen molar-refractivity contribution >= 4 is 37.8 Å². The standard InChI is InChI=1S/C19H27N5O4S/c1-23(29(3,25)26)9-12-28-13-10-24-16(8-11-27-2)22-17-18(24)14-6-4-5-7-15(14)21-19(17)20/h4-7H,8-13H2,1-3H3,(H2,20,21). The molecule has 29 heavy (non-hydrogen) atoms. The van der Waals surface area contributed by atoms with Crippen molar-refractivity contribution < 1.29 is 17.9 Å². The van der Waals surface area contributed by atoms with Gasteiger partial charge in [0.25, 0.3) is 0 Å². The van der Waals surface area contributed by atoms with Gasteiger partial charge in [0.1, 0.15) is 11.3 Å². The van der Waals surface area contributed by atoms with E-state index in [-0.39, 0.29) is 0 Å². The van der Waals surface area contributed by atoms with Gasteiger partial charge >= 0.3 is 0 Å². The highest BCUT2D eigenvalue weighted by Gasteiger charge is 2.17. The smallest absolute Gasteiger partial charge is 0.211 e. The molecule has 0 atom stereocenters.